The molecule has 1 aliphatic carbocycles. The predicted octanol–water partition coefficient (Wildman–Crippen LogP) is 5.76. The largest absolute Gasteiger partial charge is 0.345 e. The third-order valence-corrected chi connectivity index (χ3v) is 6.90. The van der Waals surface area contributed by atoms with Crippen LogP contribution in [0.5, 0.6) is 0 Å². The SMILES string of the molecule is C[C@H]1CCc2c(sc(NC(=O)c3ccccc3F)c2C(=O)N[C@H](C)c2ccccc2)C1. The van der Waals surface area contributed by atoms with Crippen molar-refractivity contribution >= 4 is 28.2 Å². The number of hydrogen-bond donors (Lipinski definition) is 2. The average molecular weight is 437 g/mol. The van der Waals surface area contributed by atoms with E-state index in [1.54, 1.807) is 12.1 Å². The first-order valence-electron chi connectivity index (χ1n) is 10.5. The molecule has 0 radical (unpaired) electrons. The molecule has 0 saturated carbocycles. The molecule has 2 atom stereocenters. The van der Waals surface area contributed by atoms with Gasteiger partial charge in [0.15, 0.2) is 0 Å². The molecule has 160 valence electrons. The van der Waals surface area contributed by atoms with Crippen molar-refractivity contribution in [1.82, 2.24) is 5.32 Å². The summed E-state index contributed by atoms with van der Waals surface area (Å²) in [6.45, 7) is 4.13. The number of nitrogens with one attached hydrogen (secondary N) is 2. The van der Waals surface area contributed by atoms with Crippen molar-refractivity contribution in [3.05, 3.63) is 87.5 Å². The van der Waals surface area contributed by atoms with Gasteiger partial charge in [-0.1, -0.05) is 49.4 Å². The summed E-state index contributed by atoms with van der Waals surface area (Å²) in [5, 5.41) is 6.37. The zero-order chi connectivity index (χ0) is 22.0. The lowest BCUT2D eigenvalue weighted by Crippen LogP contribution is -2.28. The molecule has 0 saturated heterocycles. The maximum atomic E-state index is 14.1. The second-order valence-corrected chi connectivity index (χ2v) is 9.20. The van der Waals surface area contributed by atoms with Gasteiger partial charge in [-0.25, -0.2) is 4.39 Å². The van der Waals surface area contributed by atoms with Gasteiger partial charge in [0, 0.05) is 4.88 Å². The Morgan fingerprint density at radius 1 is 1.06 bits per heavy atom. The summed E-state index contributed by atoms with van der Waals surface area (Å²) < 4.78 is 14.1. The molecule has 0 unspecified atom stereocenters. The molecule has 4 rings (SSSR count). The highest BCUT2D eigenvalue weighted by Crippen LogP contribution is 2.40. The maximum Gasteiger partial charge on any atom is 0.259 e. The highest BCUT2D eigenvalue weighted by atomic mass is 32.1. The topological polar surface area (TPSA) is 58.2 Å². The molecule has 1 heterocycles. The van der Waals surface area contributed by atoms with Crippen LogP contribution in [0, 0.1) is 11.7 Å². The molecule has 1 aromatic heterocycles. The monoisotopic (exact) mass is 436 g/mol. The van der Waals surface area contributed by atoms with Crippen molar-refractivity contribution in [3.63, 3.8) is 0 Å². The summed E-state index contributed by atoms with van der Waals surface area (Å²) in [4.78, 5) is 27.2. The Morgan fingerprint density at radius 3 is 2.52 bits per heavy atom. The van der Waals surface area contributed by atoms with Crippen LogP contribution in [0.1, 0.15) is 63.0 Å². The number of halogens is 1. The van der Waals surface area contributed by atoms with Crippen LogP contribution in [0.4, 0.5) is 9.39 Å². The van der Waals surface area contributed by atoms with Gasteiger partial charge in [0.2, 0.25) is 0 Å². The van der Waals surface area contributed by atoms with Crippen molar-refractivity contribution < 1.29 is 14.0 Å². The zero-order valence-electron chi connectivity index (χ0n) is 17.6. The molecule has 6 heteroatoms. The lowest BCUT2D eigenvalue weighted by atomic mass is 9.88. The van der Waals surface area contributed by atoms with Crippen LogP contribution in [0.25, 0.3) is 0 Å². The van der Waals surface area contributed by atoms with Crippen LogP contribution in [-0.2, 0) is 12.8 Å². The van der Waals surface area contributed by atoms with Crippen LogP contribution in [0.15, 0.2) is 54.6 Å². The van der Waals surface area contributed by atoms with E-state index in [4.69, 9.17) is 0 Å². The first-order chi connectivity index (χ1) is 14.9. The van der Waals surface area contributed by atoms with Crippen molar-refractivity contribution in [2.24, 2.45) is 5.92 Å². The molecule has 1 aliphatic rings. The van der Waals surface area contributed by atoms with Crippen molar-refractivity contribution in [1.29, 1.82) is 0 Å². The number of carbonyl (C=O) groups excluding carboxylic acids is 2. The summed E-state index contributed by atoms with van der Waals surface area (Å²) in [5.41, 5.74) is 2.49. The molecule has 2 amide bonds. The van der Waals surface area contributed by atoms with Gasteiger partial charge in [0.25, 0.3) is 11.8 Å². The van der Waals surface area contributed by atoms with Gasteiger partial charge in [-0.05, 0) is 55.4 Å². The molecule has 0 fully saturated rings. The summed E-state index contributed by atoms with van der Waals surface area (Å²) in [7, 11) is 0. The Balaban J connectivity index is 1.65. The third kappa shape index (κ3) is 4.54. The normalized spacial score (nSPS) is 16.3. The van der Waals surface area contributed by atoms with Crippen LogP contribution >= 0.6 is 11.3 Å². The Labute approximate surface area is 185 Å². The van der Waals surface area contributed by atoms with Crippen LogP contribution in [0.3, 0.4) is 0 Å². The highest BCUT2D eigenvalue weighted by Gasteiger charge is 2.29. The van der Waals surface area contributed by atoms with Crippen molar-refractivity contribution in [2.45, 2.75) is 39.2 Å². The molecular formula is C25H25FN2O2S. The molecule has 4 nitrogen and oxygen atoms in total. The van der Waals surface area contributed by atoms with Gasteiger partial charge in [-0.15, -0.1) is 11.3 Å². The third-order valence-electron chi connectivity index (χ3n) is 5.73. The molecule has 2 N–H and O–H groups in total. The molecule has 2 aromatic carbocycles. The van der Waals surface area contributed by atoms with E-state index in [-0.39, 0.29) is 17.5 Å². The predicted molar refractivity (Wildman–Crippen MR) is 122 cm³/mol. The molecule has 0 bridgehead atoms. The Bertz CT molecular complexity index is 1110. The van der Waals surface area contributed by atoms with Gasteiger partial charge in [-0.2, -0.15) is 0 Å². The second-order valence-electron chi connectivity index (χ2n) is 8.10. The summed E-state index contributed by atoms with van der Waals surface area (Å²) in [6.07, 6.45) is 2.67. The molecule has 0 spiro atoms. The van der Waals surface area contributed by atoms with Gasteiger partial charge in [0.05, 0.1) is 17.2 Å². The molecular weight excluding hydrogens is 411 g/mol. The first-order valence-corrected chi connectivity index (χ1v) is 11.3. The minimum Gasteiger partial charge on any atom is -0.345 e. The molecule has 31 heavy (non-hydrogen) atoms. The van der Waals surface area contributed by atoms with Crippen LogP contribution < -0.4 is 10.6 Å². The number of fused-ring (bicyclic) bond motifs is 1. The van der Waals surface area contributed by atoms with Gasteiger partial charge < -0.3 is 10.6 Å². The molecule has 3 aromatic rings. The van der Waals surface area contributed by atoms with E-state index in [0.29, 0.717) is 16.5 Å². The zero-order valence-corrected chi connectivity index (χ0v) is 18.4. The quantitative estimate of drug-likeness (QED) is 0.535. The van der Waals surface area contributed by atoms with E-state index in [1.165, 1.54) is 23.5 Å². The van der Waals surface area contributed by atoms with E-state index >= 15 is 0 Å². The fourth-order valence-electron chi connectivity index (χ4n) is 3.99. The van der Waals surface area contributed by atoms with Crippen molar-refractivity contribution in [3.8, 4) is 0 Å². The van der Waals surface area contributed by atoms with E-state index in [0.717, 1.165) is 35.3 Å². The summed E-state index contributed by atoms with van der Waals surface area (Å²) in [5.74, 6) is -0.818. The lowest BCUT2D eigenvalue weighted by Gasteiger charge is -2.20. The highest BCUT2D eigenvalue weighted by molar-refractivity contribution is 7.17. The summed E-state index contributed by atoms with van der Waals surface area (Å²) >= 11 is 1.43. The number of benzene rings is 2. The standard InChI is InChI=1S/C25H25FN2O2S/c1-15-12-13-19-21(14-15)31-25(28-23(29)18-10-6-7-11-20(18)26)22(19)24(30)27-16(2)17-8-4-3-5-9-17/h3-11,15-16H,12-14H2,1-2H3,(H,27,30)(H,28,29)/t15-,16+/m0/s1. The minimum absolute atomic E-state index is 0.0359. The first kappa shape index (κ1) is 21.2. The fourth-order valence-corrected chi connectivity index (χ4v) is 5.39. The number of anilines is 1. The summed E-state index contributed by atoms with van der Waals surface area (Å²) in [6, 6.07) is 15.4. The minimum atomic E-state index is -0.585. The average Bonchev–Trinajstić information content (AvgIpc) is 3.11. The van der Waals surface area contributed by atoms with Crippen molar-refractivity contribution in [2.75, 3.05) is 5.32 Å². The number of hydrogen-bond acceptors (Lipinski definition) is 3. The van der Waals surface area contributed by atoms with Crippen LogP contribution in [-0.4, -0.2) is 11.8 Å². The second kappa shape index (κ2) is 9.02. The van der Waals surface area contributed by atoms with Gasteiger partial charge in [-0.3, -0.25) is 9.59 Å². The fraction of sp³-hybridized carbons (Fsp3) is 0.280. The molecule has 0 aliphatic heterocycles. The Kier molecular flexibility index (Phi) is 6.18. The number of amides is 2. The van der Waals surface area contributed by atoms with Crippen LogP contribution in [0.2, 0.25) is 0 Å². The number of rotatable bonds is 5. The van der Waals surface area contributed by atoms with Gasteiger partial charge >= 0.3 is 0 Å². The number of thiophene rings is 1. The van der Waals surface area contributed by atoms with E-state index in [1.807, 2.05) is 37.3 Å². The maximum absolute atomic E-state index is 14.1. The Hall–Kier alpha value is -2.99. The number of carbonyl (C=O) groups is 2. The van der Waals surface area contributed by atoms with E-state index < -0.39 is 11.7 Å². The van der Waals surface area contributed by atoms with E-state index in [9.17, 15) is 14.0 Å². The lowest BCUT2D eigenvalue weighted by molar-refractivity contribution is 0.0940. The Morgan fingerprint density at radius 2 is 1.77 bits per heavy atom. The van der Waals surface area contributed by atoms with Gasteiger partial charge in [0.1, 0.15) is 10.8 Å². The van der Waals surface area contributed by atoms with E-state index in [2.05, 4.69) is 17.6 Å². The smallest absolute Gasteiger partial charge is 0.259 e.